The smallest absolute Gasteiger partial charge is 0.331 e. The van der Waals surface area contributed by atoms with Crippen LogP contribution in [0.5, 0.6) is 5.88 Å². The van der Waals surface area contributed by atoms with Gasteiger partial charge in [0, 0.05) is 24.3 Å². The summed E-state index contributed by atoms with van der Waals surface area (Å²) < 4.78 is 6.05. The third-order valence-corrected chi connectivity index (χ3v) is 8.74. The molecule has 0 aromatic carbocycles. The third kappa shape index (κ3) is 4.82. The number of carbonyl (C=O) groups excluding carboxylic acids is 3. The Hall–Kier alpha value is -3.99. The molecule has 2 saturated carbocycles. The molecular weight excluding hydrogens is 516 g/mol. The average molecular weight is 547 g/mol. The van der Waals surface area contributed by atoms with Gasteiger partial charge < -0.3 is 20.7 Å². The minimum absolute atomic E-state index is 0.00473. The number of amides is 4. The first kappa shape index (κ1) is 25.3. The molecule has 11 heteroatoms. The monoisotopic (exact) mass is 546 g/mol. The molecule has 0 radical (unpaired) electrons. The van der Waals surface area contributed by atoms with Crippen LogP contribution in [0, 0.1) is 6.92 Å². The van der Waals surface area contributed by atoms with Crippen molar-refractivity contribution in [2.75, 3.05) is 10.2 Å². The van der Waals surface area contributed by atoms with Crippen LogP contribution in [-0.4, -0.2) is 46.0 Å². The number of ether oxygens (including phenoxy) is 1. The van der Waals surface area contributed by atoms with Crippen LogP contribution in [0.2, 0.25) is 0 Å². The zero-order chi connectivity index (χ0) is 27.1. The molecule has 2 fully saturated rings. The Morgan fingerprint density at radius 1 is 1.15 bits per heavy atom. The first-order valence-electron chi connectivity index (χ1n) is 13.3. The molecule has 1 unspecified atom stereocenters. The molecule has 0 spiro atoms. The van der Waals surface area contributed by atoms with Crippen LogP contribution in [-0.2, 0) is 4.79 Å². The molecule has 39 heavy (non-hydrogen) atoms. The van der Waals surface area contributed by atoms with Crippen molar-refractivity contribution in [3.05, 3.63) is 47.6 Å². The number of hydrogen-bond donors (Lipinski definition) is 3. The van der Waals surface area contributed by atoms with Crippen LogP contribution in [0.1, 0.15) is 60.2 Å². The third-order valence-electron chi connectivity index (χ3n) is 7.64. The highest BCUT2D eigenvalue weighted by Crippen LogP contribution is 2.46. The number of hydrogen-bond acceptors (Lipinski definition) is 7. The molecule has 1 aliphatic heterocycles. The molecule has 3 aromatic heterocycles. The van der Waals surface area contributed by atoms with Crippen molar-refractivity contribution in [1.82, 2.24) is 20.6 Å². The number of carbonyl (C=O) groups is 3. The molecule has 2 aliphatic carbocycles. The fourth-order valence-electron chi connectivity index (χ4n) is 5.74. The summed E-state index contributed by atoms with van der Waals surface area (Å²) in [5, 5.41) is 9.63. The van der Waals surface area contributed by atoms with Crippen molar-refractivity contribution in [2.45, 2.75) is 70.1 Å². The van der Waals surface area contributed by atoms with Crippen molar-refractivity contribution in [1.29, 1.82) is 0 Å². The van der Waals surface area contributed by atoms with E-state index < -0.39 is 0 Å². The number of pyridine rings is 2. The minimum atomic E-state index is -0.370. The highest BCUT2D eigenvalue weighted by Gasteiger charge is 2.35. The minimum Gasteiger partial charge on any atom is -0.474 e. The first-order chi connectivity index (χ1) is 18.9. The van der Waals surface area contributed by atoms with Gasteiger partial charge in [-0.25, -0.2) is 14.8 Å². The van der Waals surface area contributed by atoms with E-state index in [4.69, 9.17) is 4.74 Å². The maximum absolute atomic E-state index is 13.5. The molecule has 2 atom stereocenters. The van der Waals surface area contributed by atoms with E-state index in [1.54, 1.807) is 23.4 Å². The zero-order valence-corrected chi connectivity index (χ0v) is 22.5. The fraction of sp³-hybridized carbons (Fsp3) is 0.393. The van der Waals surface area contributed by atoms with Crippen LogP contribution in [0.15, 0.2) is 37.2 Å². The van der Waals surface area contributed by atoms with Crippen LogP contribution < -0.4 is 25.6 Å². The van der Waals surface area contributed by atoms with Crippen molar-refractivity contribution < 1.29 is 19.1 Å². The van der Waals surface area contributed by atoms with Gasteiger partial charge >= 0.3 is 6.03 Å². The van der Waals surface area contributed by atoms with Gasteiger partial charge in [-0.2, -0.15) is 0 Å². The molecule has 3 aliphatic rings. The summed E-state index contributed by atoms with van der Waals surface area (Å²) in [6, 6.07) is 3.20. The van der Waals surface area contributed by atoms with Gasteiger partial charge in [-0.1, -0.05) is 6.58 Å². The second kappa shape index (κ2) is 10.3. The van der Waals surface area contributed by atoms with E-state index in [2.05, 4.69) is 32.5 Å². The molecule has 3 N–H and O–H groups in total. The lowest BCUT2D eigenvalue weighted by molar-refractivity contribution is -0.117. The largest absolute Gasteiger partial charge is 0.474 e. The lowest BCUT2D eigenvalue weighted by atomic mass is 10.1. The van der Waals surface area contributed by atoms with Crippen LogP contribution in [0.4, 0.5) is 21.9 Å². The summed E-state index contributed by atoms with van der Waals surface area (Å²) in [6.07, 6.45) is 11.4. The summed E-state index contributed by atoms with van der Waals surface area (Å²) in [5.74, 6) is 0.0849. The molecule has 6 rings (SSSR count). The Bertz CT molecular complexity index is 1480. The predicted molar refractivity (Wildman–Crippen MR) is 150 cm³/mol. The van der Waals surface area contributed by atoms with E-state index in [9.17, 15) is 14.4 Å². The number of nitrogens with one attached hydrogen (secondary N) is 3. The van der Waals surface area contributed by atoms with Gasteiger partial charge in [-0.05, 0) is 69.6 Å². The molecule has 202 valence electrons. The van der Waals surface area contributed by atoms with Crippen LogP contribution >= 0.6 is 11.3 Å². The van der Waals surface area contributed by atoms with Gasteiger partial charge in [0.25, 0.3) is 5.91 Å². The van der Waals surface area contributed by atoms with Crippen LogP contribution in [0.25, 0.3) is 10.2 Å². The second-order valence-electron chi connectivity index (χ2n) is 10.3. The average Bonchev–Trinajstić information content (AvgIpc) is 3.67. The Balaban J connectivity index is 1.25. The number of aryl methyl sites for hydroxylation is 1. The first-order valence-corrected chi connectivity index (χ1v) is 14.1. The molecule has 0 saturated heterocycles. The summed E-state index contributed by atoms with van der Waals surface area (Å²) in [6.45, 7) is 5.42. The van der Waals surface area contributed by atoms with E-state index in [0.29, 0.717) is 39.1 Å². The van der Waals surface area contributed by atoms with Gasteiger partial charge in [0.05, 0.1) is 28.6 Å². The van der Waals surface area contributed by atoms with Crippen LogP contribution in [0.3, 0.4) is 0 Å². The van der Waals surface area contributed by atoms with Gasteiger partial charge in [0.15, 0.2) is 0 Å². The van der Waals surface area contributed by atoms with Gasteiger partial charge in [-0.15, -0.1) is 11.3 Å². The lowest BCUT2D eigenvalue weighted by Crippen LogP contribution is -2.37. The van der Waals surface area contributed by atoms with Gasteiger partial charge in [-0.3, -0.25) is 14.5 Å². The lowest BCUT2D eigenvalue weighted by Gasteiger charge is -2.29. The molecule has 10 nitrogen and oxygen atoms in total. The summed E-state index contributed by atoms with van der Waals surface area (Å²) in [4.78, 5) is 50.1. The molecule has 0 bridgehead atoms. The van der Waals surface area contributed by atoms with Crippen molar-refractivity contribution in [3.63, 3.8) is 0 Å². The number of rotatable bonds is 7. The molecular formula is C28H30N6O4S. The number of aromatic nitrogens is 2. The van der Waals surface area contributed by atoms with E-state index >= 15 is 0 Å². The maximum Gasteiger partial charge on any atom is 0.331 e. The number of thiophene rings is 1. The van der Waals surface area contributed by atoms with E-state index in [1.165, 1.54) is 30.3 Å². The van der Waals surface area contributed by atoms with E-state index in [0.717, 1.165) is 36.6 Å². The van der Waals surface area contributed by atoms with Crippen molar-refractivity contribution in [2.24, 2.45) is 0 Å². The Morgan fingerprint density at radius 3 is 2.67 bits per heavy atom. The highest BCUT2D eigenvalue weighted by atomic mass is 32.1. The van der Waals surface area contributed by atoms with E-state index in [1.807, 2.05) is 13.0 Å². The zero-order valence-electron chi connectivity index (χ0n) is 21.7. The Labute approximate surface area is 229 Å². The summed E-state index contributed by atoms with van der Waals surface area (Å²) >= 11 is 1.25. The molecule has 4 amide bonds. The number of urea groups is 1. The topological polar surface area (TPSA) is 126 Å². The van der Waals surface area contributed by atoms with Gasteiger partial charge in [0.1, 0.15) is 15.8 Å². The van der Waals surface area contributed by atoms with Crippen molar-refractivity contribution >= 4 is 56.5 Å². The maximum atomic E-state index is 13.5. The summed E-state index contributed by atoms with van der Waals surface area (Å²) in [7, 11) is 0. The fourth-order valence-corrected chi connectivity index (χ4v) is 6.76. The highest BCUT2D eigenvalue weighted by molar-refractivity contribution is 7.21. The SMILES string of the molecule is C=CC(=O)NC1CC[C@@H](NC(=O)c2sc3nccc4c3c2NC(=O)N4c2cnc(OC3CCCC3)cc2C)C1. The van der Waals surface area contributed by atoms with Crippen molar-refractivity contribution in [3.8, 4) is 5.88 Å². The Morgan fingerprint density at radius 2 is 1.92 bits per heavy atom. The molecule has 3 aromatic rings. The molecule has 4 heterocycles. The number of nitrogens with zero attached hydrogens (tertiary/aromatic N) is 3. The predicted octanol–water partition coefficient (Wildman–Crippen LogP) is 4.96. The van der Waals surface area contributed by atoms with E-state index in [-0.39, 0.29) is 36.0 Å². The summed E-state index contributed by atoms with van der Waals surface area (Å²) in [5.41, 5.74) is 2.61. The number of anilines is 3. The Kier molecular flexibility index (Phi) is 6.68. The standard InChI is InChI=1S/C28H30N6O4S/c1-3-21(35)31-16-8-9-17(13-16)32-26(36)25-24-23-19(10-11-29-27(23)39-25)34(28(37)33-24)20-14-30-22(12-15(20)2)38-18-6-4-5-7-18/h3,10-12,14,16-18H,1,4-9,13H2,2H3,(H,31,35)(H,32,36)(H,33,37)/t16?,17-/m1/s1. The quantitative estimate of drug-likeness (QED) is 0.360. The normalized spacial score (nSPS) is 20.6. The second-order valence-corrected chi connectivity index (χ2v) is 11.3. The van der Waals surface area contributed by atoms with Gasteiger partial charge in [0.2, 0.25) is 11.8 Å².